The van der Waals surface area contributed by atoms with Crippen molar-refractivity contribution in [1.82, 2.24) is 35.3 Å². The molecule has 16 heteroatoms. The highest BCUT2D eigenvalue weighted by Crippen LogP contribution is 2.40. The zero-order valence-corrected chi connectivity index (χ0v) is 19.6. The first kappa shape index (κ1) is 24.9. The SMILES string of the molecule is CO.NCCCNSc1ccc(N2CCc3nc(N)[nH]c3C2)c(-c2nn[nH]n2)c1S(N)(=O)=O. The molecule has 0 aliphatic carbocycles. The molecular formula is C17H27N11O3S2. The number of tetrazole rings is 1. The van der Waals surface area contributed by atoms with E-state index in [9.17, 15) is 8.42 Å². The van der Waals surface area contributed by atoms with Gasteiger partial charge in [-0.2, -0.15) is 5.21 Å². The van der Waals surface area contributed by atoms with Crippen LogP contribution in [-0.4, -0.2) is 70.9 Å². The van der Waals surface area contributed by atoms with E-state index in [0.717, 1.165) is 24.9 Å². The van der Waals surface area contributed by atoms with E-state index in [1.807, 2.05) is 11.0 Å². The Labute approximate surface area is 194 Å². The molecule has 0 bridgehead atoms. The summed E-state index contributed by atoms with van der Waals surface area (Å²) in [6.45, 7) is 2.21. The van der Waals surface area contributed by atoms with Gasteiger partial charge in [0.25, 0.3) is 0 Å². The minimum atomic E-state index is -4.12. The number of benzene rings is 1. The summed E-state index contributed by atoms with van der Waals surface area (Å²) in [6.07, 6.45) is 1.40. The van der Waals surface area contributed by atoms with Gasteiger partial charge in [0.1, 0.15) is 4.90 Å². The molecule has 0 saturated heterocycles. The zero-order valence-electron chi connectivity index (χ0n) is 17.9. The molecule has 3 aromatic rings. The molecule has 0 saturated carbocycles. The maximum Gasteiger partial charge on any atom is 0.240 e. The number of imidazole rings is 1. The van der Waals surface area contributed by atoms with Gasteiger partial charge in [-0.05, 0) is 42.3 Å². The largest absolute Gasteiger partial charge is 0.400 e. The molecule has 0 radical (unpaired) electrons. The number of hydrogen-bond donors (Lipinski definition) is 7. The molecule has 4 rings (SSSR count). The maximum atomic E-state index is 12.7. The average Bonchev–Trinajstić information content (AvgIpc) is 3.45. The lowest BCUT2D eigenvalue weighted by Gasteiger charge is -2.30. The van der Waals surface area contributed by atoms with Gasteiger partial charge >= 0.3 is 0 Å². The van der Waals surface area contributed by atoms with Crippen molar-refractivity contribution in [2.24, 2.45) is 10.9 Å². The Kier molecular flexibility index (Phi) is 8.22. The third-order valence-corrected chi connectivity index (χ3v) is 6.84. The minimum Gasteiger partial charge on any atom is -0.400 e. The third-order valence-electron chi connectivity index (χ3n) is 4.81. The highest BCUT2D eigenvalue weighted by Gasteiger charge is 2.30. The Morgan fingerprint density at radius 2 is 2.12 bits per heavy atom. The lowest BCUT2D eigenvalue weighted by molar-refractivity contribution is 0.399. The smallest absolute Gasteiger partial charge is 0.240 e. The standard InChI is InChI=1S/C16H23N11O2S2.CH4O/c17-5-1-6-20-30-12-3-2-11(27-7-4-9-10(8-27)22-16(18)21-9)13(14(12)31(19,28)29)15-23-25-26-24-15;1-2/h2-3,20H,1,4-8,17H2,(H3,18,21,22)(H2,19,28,29)(H,23,24,25,26);2H,1H3. The first-order valence-corrected chi connectivity index (χ1v) is 12.3. The number of hydrogen-bond acceptors (Lipinski definition) is 12. The number of nitrogens with one attached hydrogen (secondary N) is 3. The molecule has 0 spiro atoms. The van der Waals surface area contributed by atoms with Gasteiger partial charge in [-0.3, -0.25) is 4.72 Å². The number of anilines is 2. The van der Waals surface area contributed by atoms with Crippen molar-refractivity contribution in [3.05, 3.63) is 23.5 Å². The van der Waals surface area contributed by atoms with Crippen LogP contribution in [0, 0.1) is 0 Å². The van der Waals surface area contributed by atoms with Crippen molar-refractivity contribution in [2.45, 2.75) is 29.2 Å². The molecule has 3 heterocycles. The molecule has 180 valence electrons. The second-order valence-corrected chi connectivity index (χ2v) is 9.36. The van der Waals surface area contributed by atoms with Crippen molar-refractivity contribution in [1.29, 1.82) is 0 Å². The van der Waals surface area contributed by atoms with Gasteiger partial charge in [-0.1, -0.05) is 0 Å². The van der Waals surface area contributed by atoms with Crippen LogP contribution in [0.3, 0.4) is 0 Å². The highest BCUT2D eigenvalue weighted by atomic mass is 32.2. The molecule has 2 aromatic heterocycles. The van der Waals surface area contributed by atoms with E-state index in [0.29, 0.717) is 49.1 Å². The van der Waals surface area contributed by atoms with Crippen molar-refractivity contribution >= 4 is 33.6 Å². The van der Waals surface area contributed by atoms with Crippen LogP contribution in [0.1, 0.15) is 17.8 Å². The molecule has 1 aromatic carbocycles. The van der Waals surface area contributed by atoms with Crippen molar-refractivity contribution < 1.29 is 13.5 Å². The summed E-state index contributed by atoms with van der Waals surface area (Å²) in [5.41, 5.74) is 14.0. The number of sulfonamides is 1. The van der Waals surface area contributed by atoms with E-state index in [-0.39, 0.29) is 16.3 Å². The predicted octanol–water partition coefficient (Wildman–Crippen LogP) is -1.06. The van der Waals surface area contributed by atoms with E-state index in [1.165, 1.54) is 11.9 Å². The summed E-state index contributed by atoms with van der Waals surface area (Å²) in [5, 5.41) is 26.7. The molecule has 0 atom stereocenters. The second kappa shape index (κ2) is 10.9. The number of fused-ring (bicyclic) bond motifs is 1. The summed E-state index contributed by atoms with van der Waals surface area (Å²) in [5.74, 6) is 0.490. The lowest BCUT2D eigenvalue weighted by Crippen LogP contribution is -2.31. The van der Waals surface area contributed by atoms with Gasteiger partial charge in [0, 0.05) is 37.2 Å². The number of rotatable bonds is 8. The van der Waals surface area contributed by atoms with Crippen LogP contribution in [0.2, 0.25) is 0 Å². The molecule has 10 N–H and O–H groups in total. The van der Waals surface area contributed by atoms with Crippen LogP contribution in [0.5, 0.6) is 0 Å². The van der Waals surface area contributed by atoms with Gasteiger partial charge in [0.2, 0.25) is 15.8 Å². The number of aromatic amines is 2. The number of nitrogens with two attached hydrogens (primary N) is 3. The predicted molar refractivity (Wildman–Crippen MR) is 124 cm³/mol. The zero-order chi connectivity index (χ0) is 24.0. The molecule has 14 nitrogen and oxygen atoms in total. The summed E-state index contributed by atoms with van der Waals surface area (Å²) in [7, 11) is -3.12. The number of aliphatic hydroxyl groups is 1. The summed E-state index contributed by atoms with van der Waals surface area (Å²) in [6, 6.07) is 3.55. The molecule has 33 heavy (non-hydrogen) atoms. The molecule has 1 aliphatic rings. The normalized spacial score (nSPS) is 13.4. The Balaban J connectivity index is 0.00000149. The molecule has 0 amide bonds. The topological polar surface area (TPSA) is 231 Å². The fraction of sp³-hybridized carbons (Fsp3) is 0.412. The van der Waals surface area contributed by atoms with Crippen LogP contribution in [0.25, 0.3) is 11.4 Å². The number of H-pyrrole nitrogens is 2. The van der Waals surface area contributed by atoms with Gasteiger partial charge in [-0.15, -0.1) is 10.2 Å². The Bertz CT molecular complexity index is 1170. The third kappa shape index (κ3) is 5.60. The van der Waals surface area contributed by atoms with Crippen LogP contribution < -0.4 is 26.2 Å². The highest BCUT2D eigenvalue weighted by molar-refractivity contribution is 7.98. The van der Waals surface area contributed by atoms with Crippen LogP contribution in [0.4, 0.5) is 11.6 Å². The fourth-order valence-corrected chi connectivity index (χ4v) is 5.52. The Morgan fingerprint density at radius 3 is 2.79 bits per heavy atom. The van der Waals surface area contributed by atoms with Gasteiger partial charge < -0.3 is 26.5 Å². The van der Waals surface area contributed by atoms with Crippen LogP contribution in [-0.2, 0) is 23.0 Å². The van der Waals surface area contributed by atoms with Crippen molar-refractivity contribution in [2.75, 3.05) is 37.4 Å². The number of nitrogen functional groups attached to an aromatic ring is 1. The summed E-state index contributed by atoms with van der Waals surface area (Å²) in [4.78, 5) is 9.73. The van der Waals surface area contributed by atoms with Gasteiger partial charge in [-0.25, -0.2) is 18.5 Å². The van der Waals surface area contributed by atoms with E-state index in [4.69, 9.17) is 21.7 Å². The van der Waals surface area contributed by atoms with E-state index in [1.54, 1.807) is 6.07 Å². The quantitative estimate of drug-likeness (QED) is 0.146. The maximum absolute atomic E-state index is 12.7. The summed E-state index contributed by atoms with van der Waals surface area (Å²) < 4.78 is 28.5. The first-order valence-electron chi connectivity index (χ1n) is 9.94. The van der Waals surface area contributed by atoms with Crippen LogP contribution in [0.15, 0.2) is 21.9 Å². The molecule has 0 unspecified atom stereocenters. The average molecular weight is 498 g/mol. The monoisotopic (exact) mass is 497 g/mol. The number of aromatic nitrogens is 6. The van der Waals surface area contributed by atoms with Crippen molar-refractivity contribution in [3.8, 4) is 11.4 Å². The minimum absolute atomic E-state index is 0.0634. The lowest BCUT2D eigenvalue weighted by atomic mass is 10.1. The number of nitrogens with zero attached hydrogens (tertiary/aromatic N) is 5. The second-order valence-electron chi connectivity index (χ2n) is 6.92. The van der Waals surface area contributed by atoms with Gasteiger partial charge in [0.15, 0.2) is 5.95 Å². The van der Waals surface area contributed by atoms with Crippen LogP contribution >= 0.6 is 11.9 Å². The molecule has 1 aliphatic heterocycles. The molecular weight excluding hydrogens is 470 g/mol. The van der Waals surface area contributed by atoms with E-state index < -0.39 is 10.0 Å². The first-order chi connectivity index (χ1) is 15.9. The Morgan fingerprint density at radius 1 is 1.33 bits per heavy atom. The van der Waals surface area contributed by atoms with Crippen molar-refractivity contribution in [3.63, 3.8) is 0 Å². The Hall–Kier alpha value is -2.76. The number of aliphatic hydroxyl groups excluding tert-OH is 1. The van der Waals surface area contributed by atoms with E-state index in [2.05, 4.69) is 35.3 Å². The molecule has 0 fully saturated rings. The van der Waals surface area contributed by atoms with Gasteiger partial charge in [0.05, 0.1) is 23.5 Å². The number of primary sulfonamides is 1. The van der Waals surface area contributed by atoms with E-state index >= 15 is 0 Å². The summed E-state index contributed by atoms with van der Waals surface area (Å²) >= 11 is 1.17. The fourth-order valence-electron chi connectivity index (χ4n) is 3.49.